The van der Waals surface area contributed by atoms with Crippen LogP contribution in [0.2, 0.25) is 0 Å². The molecule has 1 aliphatic heterocycles. The van der Waals surface area contributed by atoms with Gasteiger partial charge in [0.05, 0.1) is 27.6 Å². The summed E-state index contributed by atoms with van der Waals surface area (Å²) < 4.78 is 43.3. The van der Waals surface area contributed by atoms with E-state index in [1.807, 2.05) is 24.3 Å². The van der Waals surface area contributed by atoms with Crippen LogP contribution < -0.4 is 14.2 Å². The Labute approximate surface area is 190 Å². The van der Waals surface area contributed by atoms with Crippen LogP contribution in [0.5, 0.6) is 17.2 Å². The Bertz CT molecular complexity index is 1230. The van der Waals surface area contributed by atoms with E-state index in [9.17, 15) is 8.42 Å². The zero-order valence-corrected chi connectivity index (χ0v) is 19.9. The van der Waals surface area contributed by atoms with Crippen molar-refractivity contribution in [3.63, 3.8) is 0 Å². The zero-order chi connectivity index (χ0) is 22.9. The van der Waals surface area contributed by atoms with E-state index in [2.05, 4.69) is 15.3 Å². The Kier molecular flexibility index (Phi) is 6.35. The largest absolute Gasteiger partial charge is 0.493 e. The van der Waals surface area contributed by atoms with Gasteiger partial charge in [-0.1, -0.05) is 17.4 Å². The third-order valence-corrected chi connectivity index (χ3v) is 7.49. The molecule has 0 radical (unpaired) electrons. The quantitative estimate of drug-likeness (QED) is 0.509. The third-order valence-electron chi connectivity index (χ3n) is 5.35. The fraction of sp³-hybridized carbons (Fsp3) is 0.450. The summed E-state index contributed by atoms with van der Waals surface area (Å²) in [5.41, 5.74) is 0.863. The third kappa shape index (κ3) is 4.43. The maximum atomic E-state index is 12.0. The van der Waals surface area contributed by atoms with Gasteiger partial charge in [-0.25, -0.2) is 12.7 Å². The van der Waals surface area contributed by atoms with Crippen molar-refractivity contribution >= 4 is 38.5 Å². The van der Waals surface area contributed by atoms with Gasteiger partial charge in [-0.3, -0.25) is 0 Å². The summed E-state index contributed by atoms with van der Waals surface area (Å²) in [6.45, 7) is 0.935. The van der Waals surface area contributed by atoms with E-state index < -0.39 is 10.0 Å². The van der Waals surface area contributed by atoms with Crippen LogP contribution >= 0.6 is 11.3 Å². The van der Waals surface area contributed by atoms with Crippen LogP contribution in [0.1, 0.15) is 35.2 Å². The van der Waals surface area contributed by atoms with Crippen molar-refractivity contribution in [1.82, 2.24) is 24.1 Å². The predicted octanol–water partition coefficient (Wildman–Crippen LogP) is 2.52. The summed E-state index contributed by atoms with van der Waals surface area (Å²) in [6.07, 6.45) is 6.66. The van der Waals surface area contributed by atoms with Crippen molar-refractivity contribution in [3.05, 3.63) is 28.5 Å². The predicted molar refractivity (Wildman–Crippen MR) is 122 cm³/mol. The summed E-state index contributed by atoms with van der Waals surface area (Å²) in [5.74, 6) is 2.32. The molecule has 1 fully saturated rings. The Morgan fingerprint density at radius 2 is 1.81 bits per heavy atom. The maximum absolute atomic E-state index is 12.0. The lowest BCUT2D eigenvalue weighted by molar-refractivity contribution is 0.309. The van der Waals surface area contributed by atoms with Crippen molar-refractivity contribution in [2.45, 2.75) is 18.8 Å². The normalized spacial score (nSPS) is 17.8. The number of piperidine rings is 1. The maximum Gasteiger partial charge on any atom is 0.234 e. The SMILES string of the molecule is COc1cc(C=Cc2nn3c(C4CCCN(S(C)(=O)=O)C4)nnc3s2)cc(OC)c1OC. The standard InChI is InChI=1S/C20H25N5O5S2/c1-28-15-10-13(11-16(29-2)18(15)30-3)7-8-17-23-25-19(21-22-20(25)31-17)14-6-5-9-24(12-14)32(4,26)27/h7-8,10-11,14H,5-6,9,12H2,1-4H3. The van der Waals surface area contributed by atoms with Crippen molar-refractivity contribution < 1.29 is 22.6 Å². The topological polar surface area (TPSA) is 108 Å². The van der Waals surface area contributed by atoms with Crippen molar-refractivity contribution in [3.8, 4) is 17.2 Å². The molecule has 32 heavy (non-hydrogen) atoms. The van der Waals surface area contributed by atoms with E-state index >= 15 is 0 Å². The summed E-state index contributed by atoms with van der Waals surface area (Å²) in [6, 6.07) is 3.71. The summed E-state index contributed by atoms with van der Waals surface area (Å²) in [7, 11) is 1.48. The Hall–Kier alpha value is -2.70. The van der Waals surface area contributed by atoms with Crippen LogP contribution in [0.3, 0.4) is 0 Å². The molecule has 0 N–H and O–H groups in total. The molecule has 1 saturated heterocycles. The second kappa shape index (κ2) is 9.04. The fourth-order valence-electron chi connectivity index (χ4n) is 3.79. The monoisotopic (exact) mass is 479 g/mol. The lowest BCUT2D eigenvalue weighted by Crippen LogP contribution is -2.38. The molecule has 3 aromatic rings. The number of aromatic nitrogens is 4. The van der Waals surface area contributed by atoms with Crippen molar-refractivity contribution in [2.75, 3.05) is 40.7 Å². The molecule has 2 aromatic heterocycles. The van der Waals surface area contributed by atoms with Crippen molar-refractivity contribution in [1.29, 1.82) is 0 Å². The first kappa shape index (κ1) is 22.5. The molecule has 0 saturated carbocycles. The lowest BCUT2D eigenvalue weighted by Gasteiger charge is -2.29. The summed E-state index contributed by atoms with van der Waals surface area (Å²) >= 11 is 1.41. The van der Waals surface area contributed by atoms with Gasteiger partial charge in [0, 0.05) is 19.0 Å². The number of hydrogen-bond acceptors (Lipinski definition) is 9. The number of benzene rings is 1. The van der Waals surface area contributed by atoms with Gasteiger partial charge in [-0.2, -0.15) is 9.61 Å². The van der Waals surface area contributed by atoms with Gasteiger partial charge in [-0.05, 0) is 36.6 Å². The number of nitrogens with zero attached hydrogens (tertiary/aromatic N) is 5. The molecule has 1 unspecified atom stereocenters. The molecule has 3 heterocycles. The highest BCUT2D eigenvalue weighted by Crippen LogP contribution is 2.38. The van der Waals surface area contributed by atoms with Crippen LogP contribution in [0.15, 0.2) is 12.1 Å². The molecule has 4 rings (SSSR count). The van der Waals surface area contributed by atoms with Crippen LogP contribution in [0, 0.1) is 0 Å². The number of ether oxygens (including phenoxy) is 3. The second-order valence-electron chi connectivity index (χ2n) is 7.45. The molecular formula is C20H25N5O5S2. The Balaban J connectivity index is 1.60. The number of rotatable bonds is 7. The van der Waals surface area contributed by atoms with Gasteiger partial charge in [0.1, 0.15) is 5.01 Å². The number of hydrogen-bond donors (Lipinski definition) is 0. The van der Waals surface area contributed by atoms with Crippen molar-refractivity contribution in [2.24, 2.45) is 0 Å². The van der Waals surface area contributed by atoms with Gasteiger partial charge < -0.3 is 14.2 Å². The Morgan fingerprint density at radius 1 is 1.09 bits per heavy atom. The van der Waals surface area contributed by atoms with Crippen LogP contribution in [-0.4, -0.2) is 73.2 Å². The Morgan fingerprint density at radius 3 is 2.44 bits per heavy atom. The minimum absolute atomic E-state index is 0.0393. The molecule has 0 spiro atoms. The molecule has 12 heteroatoms. The molecule has 1 aliphatic rings. The first-order valence-corrected chi connectivity index (χ1v) is 12.7. The summed E-state index contributed by atoms with van der Waals surface area (Å²) in [4.78, 5) is 0.668. The highest BCUT2D eigenvalue weighted by Gasteiger charge is 2.30. The zero-order valence-electron chi connectivity index (χ0n) is 18.3. The lowest BCUT2D eigenvalue weighted by atomic mass is 9.99. The van der Waals surface area contributed by atoms with Crippen LogP contribution in [0.25, 0.3) is 17.1 Å². The van der Waals surface area contributed by atoms with E-state index in [0.717, 1.165) is 23.4 Å². The van der Waals surface area contributed by atoms with Crippen LogP contribution in [0.4, 0.5) is 0 Å². The minimum atomic E-state index is -3.24. The number of methoxy groups -OCH3 is 3. The van der Waals surface area contributed by atoms with Crippen LogP contribution in [-0.2, 0) is 10.0 Å². The highest BCUT2D eigenvalue weighted by molar-refractivity contribution is 7.88. The molecular weight excluding hydrogens is 454 g/mol. The molecule has 0 aliphatic carbocycles. The number of fused-ring (bicyclic) bond motifs is 1. The van der Waals surface area contributed by atoms with Gasteiger partial charge >= 0.3 is 0 Å². The van der Waals surface area contributed by atoms with Gasteiger partial charge in [0.25, 0.3) is 0 Å². The first-order chi connectivity index (χ1) is 15.3. The average molecular weight is 480 g/mol. The molecule has 1 aromatic carbocycles. The summed E-state index contributed by atoms with van der Waals surface area (Å²) in [5, 5.41) is 13.9. The fourth-order valence-corrected chi connectivity index (χ4v) is 5.45. The minimum Gasteiger partial charge on any atom is -0.493 e. The molecule has 172 valence electrons. The van der Waals surface area contributed by atoms with E-state index in [1.54, 1.807) is 25.8 Å². The van der Waals surface area contributed by atoms with E-state index in [1.165, 1.54) is 21.9 Å². The second-order valence-corrected chi connectivity index (χ2v) is 10.4. The molecule has 0 amide bonds. The van der Waals surface area contributed by atoms with E-state index in [0.29, 0.717) is 41.1 Å². The molecule has 1 atom stereocenters. The number of sulfonamides is 1. The van der Waals surface area contributed by atoms with E-state index in [-0.39, 0.29) is 5.92 Å². The van der Waals surface area contributed by atoms with Gasteiger partial charge in [-0.15, -0.1) is 10.2 Å². The smallest absolute Gasteiger partial charge is 0.234 e. The molecule has 0 bridgehead atoms. The highest BCUT2D eigenvalue weighted by atomic mass is 32.2. The van der Waals surface area contributed by atoms with E-state index in [4.69, 9.17) is 14.2 Å². The average Bonchev–Trinajstić information content (AvgIpc) is 3.36. The van der Waals surface area contributed by atoms with Gasteiger partial charge in [0.2, 0.25) is 20.7 Å². The molecule has 10 nitrogen and oxygen atoms in total. The first-order valence-electron chi connectivity index (χ1n) is 9.99. The van der Waals surface area contributed by atoms with Gasteiger partial charge in [0.15, 0.2) is 17.3 Å².